The molecule has 1 N–H and O–H groups in total. The maximum Gasteiger partial charge on any atom is 0.197 e. The largest absolute Gasteiger partial charge is 0.497 e. The minimum absolute atomic E-state index is 0.472. The molecule has 0 saturated heterocycles. The Bertz CT molecular complexity index is 546. The Morgan fingerprint density at radius 1 is 1.22 bits per heavy atom. The number of hydrogen-bond acceptors (Lipinski definition) is 4. The smallest absolute Gasteiger partial charge is 0.197 e. The molecule has 1 atom stereocenters. The lowest BCUT2D eigenvalue weighted by Gasteiger charge is -2.12. The van der Waals surface area contributed by atoms with Gasteiger partial charge in [-0.25, -0.2) is 9.97 Å². The average molecular weight is 374 g/mol. The molecule has 0 aliphatic heterocycles. The van der Waals surface area contributed by atoms with Gasteiger partial charge in [0, 0.05) is 11.8 Å². The molecule has 1 heterocycles. The van der Waals surface area contributed by atoms with Crippen molar-refractivity contribution in [3.63, 3.8) is 0 Å². The zero-order chi connectivity index (χ0) is 13.1. The van der Waals surface area contributed by atoms with Crippen LogP contribution in [0.25, 0.3) is 0 Å². The summed E-state index contributed by atoms with van der Waals surface area (Å²) in [4.78, 5) is 8.10. The van der Waals surface area contributed by atoms with Crippen molar-refractivity contribution in [2.24, 2.45) is 0 Å². The van der Waals surface area contributed by atoms with Gasteiger partial charge in [-0.15, -0.1) is 0 Å². The summed E-state index contributed by atoms with van der Waals surface area (Å²) in [5.41, 5.74) is 1.37. The molecule has 0 fully saturated rings. The molecule has 0 aliphatic rings. The molecule has 1 aromatic carbocycles. The van der Waals surface area contributed by atoms with Crippen LogP contribution < -0.4 is 4.74 Å². The van der Waals surface area contributed by atoms with Crippen LogP contribution in [0, 0.1) is 0 Å². The van der Waals surface area contributed by atoms with Crippen LogP contribution in [-0.4, -0.2) is 22.2 Å². The standard InChI is InChI=1S/C12H10Br2N2O2/c1-18-8-4-2-7(3-5-8)10(17)9-6-15-12(14)16-11(9)13/h2-6,10,17H,1H3. The SMILES string of the molecule is COc1ccc(C(O)c2cnc(Br)nc2Br)cc1. The summed E-state index contributed by atoms with van der Waals surface area (Å²) in [6.07, 6.45) is 0.800. The first-order valence-corrected chi connectivity index (χ1v) is 6.70. The van der Waals surface area contributed by atoms with E-state index in [0.29, 0.717) is 14.9 Å². The number of hydrogen-bond donors (Lipinski definition) is 1. The van der Waals surface area contributed by atoms with E-state index in [0.717, 1.165) is 11.3 Å². The van der Waals surface area contributed by atoms with Crippen molar-refractivity contribution in [2.45, 2.75) is 6.10 Å². The second-order valence-corrected chi connectivity index (χ2v) is 5.02. The fourth-order valence-electron chi connectivity index (χ4n) is 1.50. The first-order chi connectivity index (χ1) is 8.61. The van der Waals surface area contributed by atoms with Gasteiger partial charge in [-0.1, -0.05) is 12.1 Å². The fourth-order valence-corrected chi connectivity index (χ4v) is 2.50. The van der Waals surface area contributed by atoms with Crippen LogP contribution in [0.15, 0.2) is 39.8 Å². The lowest BCUT2D eigenvalue weighted by atomic mass is 10.0. The Morgan fingerprint density at radius 2 is 1.89 bits per heavy atom. The molecule has 0 aliphatic carbocycles. The topological polar surface area (TPSA) is 55.2 Å². The Morgan fingerprint density at radius 3 is 2.44 bits per heavy atom. The van der Waals surface area contributed by atoms with E-state index < -0.39 is 6.10 Å². The molecule has 1 unspecified atom stereocenters. The van der Waals surface area contributed by atoms with E-state index in [4.69, 9.17) is 4.74 Å². The van der Waals surface area contributed by atoms with Gasteiger partial charge >= 0.3 is 0 Å². The van der Waals surface area contributed by atoms with Gasteiger partial charge in [0.2, 0.25) is 0 Å². The van der Waals surface area contributed by atoms with Crippen LogP contribution >= 0.6 is 31.9 Å². The normalized spacial score (nSPS) is 12.2. The Balaban J connectivity index is 2.31. The van der Waals surface area contributed by atoms with Gasteiger partial charge in [-0.05, 0) is 49.6 Å². The number of benzene rings is 1. The molecule has 0 bridgehead atoms. The third-order valence-electron chi connectivity index (χ3n) is 2.46. The van der Waals surface area contributed by atoms with Crippen LogP contribution in [0.4, 0.5) is 0 Å². The lowest BCUT2D eigenvalue weighted by molar-refractivity contribution is 0.218. The predicted molar refractivity (Wildman–Crippen MR) is 74.5 cm³/mol. The zero-order valence-corrected chi connectivity index (χ0v) is 12.6. The molecule has 94 valence electrons. The molecule has 0 radical (unpaired) electrons. The van der Waals surface area contributed by atoms with Gasteiger partial charge in [0.15, 0.2) is 4.73 Å². The summed E-state index contributed by atoms with van der Waals surface area (Å²) in [5, 5.41) is 10.3. The van der Waals surface area contributed by atoms with Crippen molar-refractivity contribution in [3.8, 4) is 5.75 Å². The van der Waals surface area contributed by atoms with Gasteiger partial charge in [0.05, 0.1) is 7.11 Å². The molecular formula is C12H10Br2N2O2. The molecule has 0 saturated carbocycles. The Kier molecular flexibility index (Phi) is 4.31. The predicted octanol–water partition coefficient (Wildman–Crippen LogP) is 3.09. The fraction of sp³-hybridized carbons (Fsp3) is 0.167. The van der Waals surface area contributed by atoms with E-state index in [1.807, 2.05) is 0 Å². The van der Waals surface area contributed by atoms with E-state index in [2.05, 4.69) is 41.8 Å². The second-order valence-electron chi connectivity index (χ2n) is 3.56. The van der Waals surface area contributed by atoms with Crippen molar-refractivity contribution < 1.29 is 9.84 Å². The summed E-state index contributed by atoms with van der Waals surface area (Å²) < 4.78 is 6.11. The van der Waals surface area contributed by atoms with Crippen molar-refractivity contribution in [1.29, 1.82) is 0 Å². The number of methoxy groups -OCH3 is 1. The summed E-state index contributed by atoms with van der Waals surface area (Å²) in [7, 11) is 1.60. The molecule has 2 rings (SSSR count). The molecule has 4 nitrogen and oxygen atoms in total. The zero-order valence-electron chi connectivity index (χ0n) is 9.47. The highest BCUT2D eigenvalue weighted by Gasteiger charge is 2.15. The van der Waals surface area contributed by atoms with Crippen molar-refractivity contribution in [2.75, 3.05) is 7.11 Å². The quantitative estimate of drug-likeness (QED) is 0.663. The maximum atomic E-state index is 10.3. The highest BCUT2D eigenvalue weighted by Crippen LogP contribution is 2.28. The summed E-state index contributed by atoms with van der Waals surface area (Å²) in [5.74, 6) is 0.747. The number of aromatic nitrogens is 2. The third-order valence-corrected chi connectivity index (χ3v) is 3.48. The summed E-state index contributed by atoms with van der Waals surface area (Å²) in [6.45, 7) is 0. The van der Waals surface area contributed by atoms with Crippen LogP contribution in [0.3, 0.4) is 0 Å². The van der Waals surface area contributed by atoms with E-state index in [-0.39, 0.29) is 0 Å². The van der Waals surface area contributed by atoms with Crippen LogP contribution in [-0.2, 0) is 0 Å². The minimum Gasteiger partial charge on any atom is -0.497 e. The molecule has 0 amide bonds. The van der Waals surface area contributed by atoms with Crippen LogP contribution in [0.1, 0.15) is 17.2 Å². The number of aliphatic hydroxyl groups excluding tert-OH is 1. The third kappa shape index (κ3) is 2.88. The molecule has 2 aromatic rings. The molecule has 18 heavy (non-hydrogen) atoms. The molecule has 0 spiro atoms. The minimum atomic E-state index is -0.779. The van der Waals surface area contributed by atoms with Gasteiger partial charge in [0.1, 0.15) is 16.5 Å². The molecule has 1 aromatic heterocycles. The van der Waals surface area contributed by atoms with E-state index in [9.17, 15) is 5.11 Å². The van der Waals surface area contributed by atoms with Crippen molar-refractivity contribution in [1.82, 2.24) is 9.97 Å². The first-order valence-electron chi connectivity index (χ1n) is 5.11. The highest BCUT2D eigenvalue weighted by molar-refractivity contribution is 9.11. The van der Waals surface area contributed by atoms with E-state index >= 15 is 0 Å². The monoisotopic (exact) mass is 372 g/mol. The number of nitrogens with zero attached hydrogens (tertiary/aromatic N) is 2. The lowest BCUT2D eigenvalue weighted by Crippen LogP contribution is -2.03. The number of rotatable bonds is 3. The highest BCUT2D eigenvalue weighted by atomic mass is 79.9. The van der Waals surface area contributed by atoms with Crippen LogP contribution in [0.2, 0.25) is 0 Å². The van der Waals surface area contributed by atoms with Crippen molar-refractivity contribution in [3.05, 3.63) is 50.9 Å². The molecular weight excluding hydrogens is 364 g/mol. The number of ether oxygens (including phenoxy) is 1. The Labute approximate surface area is 121 Å². The van der Waals surface area contributed by atoms with Gasteiger partial charge in [0.25, 0.3) is 0 Å². The van der Waals surface area contributed by atoms with E-state index in [1.54, 1.807) is 37.6 Å². The summed E-state index contributed by atoms with van der Waals surface area (Å²) >= 11 is 6.48. The van der Waals surface area contributed by atoms with E-state index in [1.165, 1.54) is 0 Å². The van der Waals surface area contributed by atoms with Crippen LogP contribution in [0.5, 0.6) is 5.75 Å². The Hall–Kier alpha value is -0.980. The molecule has 6 heteroatoms. The second kappa shape index (κ2) is 5.77. The number of aliphatic hydroxyl groups is 1. The van der Waals surface area contributed by atoms with Gasteiger partial charge in [-0.3, -0.25) is 0 Å². The summed E-state index contributed by atoms with van der Waals surface area (Å²) in [6, 6.07) is 7.20. The van der Waals surface area contributed by atoms with Crippen molar-refractivity contribution >= 4 is 31.9 Å². The average Bonchev–Trinajstić information content (AvgIpc) is 2.38. The van der Waals surface area contributed by atoms with Gasteiger partial charge < -0.3 is 9.84 Å². The van der Waals surface area contributed by atoms with Gasteiger partial charge in [-0.2, -0.15) is 0 Å². The maximum absolute atomic E-state index is 10.3. The first kappa shape index (κ1) is 13.5. The number of halogens is 2.